The normalized spacial score (nSPS) is 10.1. The molecule has 49 heavy (non-hydrogen) atoms. The summed E-state index contributed by atoms with van der Waals surface area (Å²) in [5.74, 6) is 0. The van der Waals surface area contributed by atoms with Gasteiger partial charge in [0.1, 0.15) is 0 Å². The third kappa shape index (κ3) is 13.7. The Morgan fingerprint density at radius 1 is 0.327 bits per heavy atom. The van der Waals surface area contributed by atoms with E-state index in [4.69, 9.17) is 0 Å². The number of fused-ring (bicyclic) bond motifs is 8. The summed E-state index contributed by atoms with van der Waals surface area (Å²) < 4.78 is 0. The molecular weight excluding hydrogens is 640 g/mol. The van der Waals surface area contributed by atoms with Crippen LogP contribution in [0.2, 0.25) is 0 Å². The largest absolute Gasteiger partial charge is 4.00 e. The quantitative estimate of drug-likeness (QED) is 0.124. The minimum absolute atomic E-state index is 0. The van der Waals surface area contributed by atoms with Gasteiger partial charge in [-0.2, -0.15) is 146 Å². The third-order valence-corrected chi connectivity index (χ3v) is 6.47. The fourth-order valence-corrected chi connectivity index (χ4v) is 4.31. The van der Waals surface area contributed by atoms with Crippen LogP contribution in [0.4, 0.5) is 0 Å². The van der Waals surface area contributed by atoms with Gasteiger partial charge in [0, 0.05) is 22.1 Å². The molecule has 5 heterocycles. The molecule has 2 aliphatic rings. The van der Waals surface area contributed by atoms with Gasteiger partial charge in [-0.15, -0.1) is 0 Å². The first-order valence-electron chi connectivity index (χ1n) is 15.5. The molecular formula is C44H34FeN4. The number of rotatable bonds is 0. The Hall–Kier alpha value is -6.00. The van der Waals surface area contributed by atoms with Crippen molar-refractivity contribution >= 4 is 46.4 Å². The van der Waals surface area contributed by atoms with E-state index >= 15 is 0 Å². The fourth-order valence-electron chi connectivity index (χ4n) is 4.31. The molecule has 0 radical (unpaired) electrons. The first-order valence-corrected chi connectivity index (χ1v) is 15.5. The van der Waals surface area contributed by atoms with Crippen molar-refractivity contribution in [2.45, 2.75) is 0 Å². The number of benzene rings is 4. The predicted molar refractivity (Wildman–Crippen MR) is 200 cm³/mol. The maximum Gasteiger partial charge on any atom is 4.00 e. The Labute approximate surface area is 299 Å². The summed E-state index contributed by atoms with van der Waals surface area (Å²) in [6.07, 6.45) is 8.05. The average molecular weight is 675 g/mol. The van der Waals surface area contributed by atoms with E-state index in [9.17, 15) is 0 Å². The molecule has 238 valence electrons. The maximum atomic E-state index is 4.62. The molecule has 2 aliphatic heterocycles. The molecule has 7 aromatic rings. The topological polar surface area (TPSA) is 57.4 Å². The summed E-state index contributed by atoms with van der Waals surface area (Å²) >= 11 is 0. The second-order valence-corrected chi connectivity index (χ2v) is 10.2. The minimum Gasteiger partial charge on any atom is -0.355 e. The minimum atomic E-state index is 0. The standard InChI is InChI=1S/C20H14N4.4C6H5.Fe/c1-2-14-10-16-5-6-18(23-16)12-20-8-7-19(24-20)11-17-4-3-15(22-17)9-13(1)21-14;4*1-2-4-6-5-3-1;/h1-12,21-22H;4*1-5H;/q;4*-1;+4. The molecule has 5 heteroatoms. The smallest absolute Gasteiger partial charge is 0.355 e. The zero-order chi connectivity index (χ0) is 32.9. The van der Waals surface area contributed by atoms with Crippen LogP contribution < -0.4 is 0 Å². The van der Waals surface area contributed by atoms with Crippen LogP contribution in [0.5, 0.6) is 0 Å². The Kier molecular flexibility index (Phi) is 15.4. The third-order valence-electron chi connectivity index (χ3n) is 6.47. The Morgan fingerprint density at radius 3 is 0.837 bits per heavy atom. The predicted octanol–water partition coefficient (Wildman–Crippen LogP) is 10.6. The van der Waals surface area contributed by atoms with E-state index in [1.165, 1.54) is 0 Å². The molecule has 4 nitrogen and oxygen atoms in total. The number of hydrogen-bond acceptors (Lipinski definition) is 2. The number of H-pyrrole nitrogens is 2. The monoisotopic (exact) mass is 674 g/mol. The molecule has 0 spiro atoms. The SMILES string of the molecule is C1=Cc2cc3ccc(cc4ccc(cc5nc(cc1n2)C=C5)[nH]4)[nH]3.[Fe+4].[c-]1ccccc1.[c-]1ccccc1.[c-]1ccccc1.[c-]1ccccc1. The van der Waals surface area contributed by atoms with Crippen LogP contribution >= 0.6 is 0 Å². The number of nitrogens with one attached hydrogen (secondary N) is 2. The van der Waals surface area contributed by atoms with Gasteiger partial charge in [-0.05, 0) is 72.8 Å². The summed E-state index contributed by atoms with van der Waals surface area (Å²) in [5, 5.41) is 0. The average Bonchev–Trinajstić information content (AvgIpc) is 4.00. The molecule has 9 rings (SSSR count). The van der Waals surface area contributed by atoms with Gasteiger partial charge in [0.25, 0.3) is 0 Å². The van der Waals surface area contributed by atoms with Crippen molar-refractivity contribution in [2.75, 3.05) is 0 Å². The van der Waals surface area contributed by atoms with Gasteiger partial charge >= 0.3 is 17.1 Å². The summed E-state index contributed by atoms with van der Waals surface area (Å²) in [6, 6.07) is 66.4. The van der Waals surface area contributed by atoms with E-state index in [1.54, 1.807) is 0 Å². The second kappa shape index (κ2) is 21.0. The maximum absolute atomic E-state index is 4.62. The number of aromatic amines is 2. The zero-order valence-electron chi connectivity index (χ0n) is 26.7. The molecule has 0 unspecified atom stereocenters. The van der Waals surface area contributed by atoms with Crippen molar-refractivity contribution in [2.24, 2.45) is 0 Å². The molecule has 2 N–H and O–H groups in total. The van der Waals surface area contributed by atoms with E-state index in [0.29, 0.717) is 0 Å². The molecule has 8 bridgehead atoms. The molecule has 0 saturated heterocycles. The fraction of sp³-hybridized carbons (Fsp3) is 0. The van der Waals surface area contributed by atoms with Gasteiger partial charge in [0.15, 0.2) is 0 Å². The molecule has 0 amide bonds. The van der Waals surface area contributed by atoms with Crippen molar-refractivity contribution in [1.29, 1.82) is 0 Å². The van der Waals surface area contributed by atoms with Gasteiger partial charge in [0.05, 0.1) is 22.8 Å². The van der Waals surface area contributed by atoms with Crippen LogP contribution in [-0.4, -0.2) is 19.9 Å². The van der Waals surface area contributed by atoms with Crippen LogP contribution in [-0.2, 0) is 17.1 Å². The Morgan fingerprint density at radius 2 is 0.592 bits per heavy atom. The summed E-state index contributed by atoms with van der Waals surface area (Å²) in [7, 11) is 0. The molecule has 0 atom stereocenters. The molecule has 0 saturated carbocycles. The van der Waals surface area contributed by atoms with Crippen molar-refractivity contribution in [1.82, 2.24) is 19.9 Å². The molecule has 0 fully saturated rings. The van der Waals surface area contributed by atoms with Crippen molar-refractivity contribution in [3.05, 3.63) is 217 Å². The zero-order valence-corrected chi connectivity index (χ0v) is 27.8. The van der Waals surface area contributed by atoms with Crippen LogP contribution in [0.15, 0.2) is 170 Å². The van der Waals surface area contributed by atoms with Crippen LogP contribution in [0.25, 0.3) is 46.4 Å². The van der Waals surface area contributed by atoms with E-state index in [-0.39, 0.29) is 17.1 Å². The van der Waals surface area contributed by atoms with E-state index < -0.39 is 0 Å². The van der Waals surface area contributed by atoms with Crippen LogP contribution in [0, 0.1) is 24.3 Å². The molecule has 0 aliphatic carbocycles. The van der Waals surface area contributed by atoms with Gasteiger partial charge in [-0.3, -0.25) is 0 Å². The van der Waals surface area contributed by atoms with E-state index in [0.717, 1.165) is 44.8 Å². The molecule has 4 aromatic carbocycles. The van der Waals surface area contributed by atoms with Gasteiger partial charge in [-0.1, -0.05) is 0 Å². The van der Waals surface area contributed by atoms with Gasteiger partial charge in [0.2, 0.25) is 0 Å². The Bertz CT molecular complexity index is 1800. The molecule has 3 aromatic heterocycles. The van der Waals surface area contributed by atoms with E-state index in [1.807, 2.05) is 164 Å². The van der Waals surface area contributed by atoms with Crippen LogP contribution in [0.1, 0.15) is 22.8 Å². The summed E-state index contributed by atoms with van der Waals surface area (Å²) in [6.45, 7) is 0. The van der Waals surface area contributed by atoms with Crippen molar-refractivity contribution in [3.8, 4) is 0 Å². The first kappa shape index (κ1) is 35.8. The summed E-state index contributed by atoms with van der Waals surface area (Å²) in [4.78, 5) is 16.0. The van der Waals surface area contributed by atoms with E-state index in [2.05, 4.69) is 74.5 Å². The Balaban J connectivity index is 0.000000175. The number of hydrogen-bond donors (Lipinski definition) is 2. The van der Waals surface area contributed by atoms with Gasteiger partial charge < -0.3 is 9.97 Å². The second-order valence-electron chi connectivity index (χ2n) is 10.2. The summed E-state index contributed by atoms with van der Waals surface area (Å²) in [5.41, 5.74) is 7.86. The first-order chi connectivity index (χ1) is 23.8. The number of aromatic nitrogens is 4. The number of nitrogens with zero attached hydrogens (tertiary/aromatic N) is 2. The van der Waals surface area contributed by atoms with Crippen molar-refractivity contribution in [3.63, 3.8) is 0 Å². The van der Waals surface area contributed by atoms with Crippen LogP contribution in [0.3, 0.4) is 0 Å². The van der Waals surface area contributed by atoms with Gasteiger partial charge in [-0.25, -0.2) is 9.97 Å². The van der Waals surface area contributed by atoms with Crippen molar-refractivity contribution < 1.29 is 17.1 Å².